The van der Waals surface area contributed by atoms with E-state index in [-0.39, 0.29) is 6.67 Å². The molecule has 0 radical (unpaired) electrons. The molecule has 0 aliphatic carbocycles. The van der Waals surface area contributed by atoms with Crippen LogP contribution in [-0.4, -0.2) is 21.6 Å². The fraction of sp³-hybridized carbons (Fsp3) is 1.00. The Balaban J connectivity index is 3.07. The van der Waals surface area contributed by atoms with Gasteiger partial charge in [0.2, 0.25) is 0 Å². The molecule has 4 nitrogen and oxygen atoms in total. The fourth-order valence-corrected chi connectivity index (χ4v) is 1.57. The van der Waals surface area contributed by atoms with E-state index in [9.17, 15) is 12.8 Å². The van der Waals surface area contributed by atoms with Crippen molar-refractivity contribution in [1.82, 2.24) is 4.72 Å². The van der Waals surface area contributed by atoms with E-state index in [4.69, 9.17) is 5.14 Å². The van der Waals surface area contributed by atoms with Gasteiger partial charge in [0.15, 0.2) is 0 Å². The van der Waals surface area contributed by atoms with Crippen LogP contribution in [0.3, 0.4) is 0 Å². The van der Waals surface area contributed by atoms with Crippen molar-refractivity contribution in [2.24, 2.45) is 5.14 Å². The first-order valence-corrected chi connectivity index (χ1v) is 6.44. The Morgan fingerprint density at radius 2 is 1.50 bits per heavy atom. The Morgan fingerprint density at radius 3 is 2.00 bits per heavy atom. The summed E-state index contributed by atoms with van der Waals surface area (Å²) in [6, 6.07) is 0. The highest BCUT2D eigenvalue weighted by Gasteiger charge is 1.98. The van der Waals surface area contributed by atoms with Crippen LogP contribution < -0.4 is 9.86 Å². The molecule has 0 bridgehead atoms. The first kappa shape index (κ1) is 13.8. The van der Waals surface area contributed by atoms with E-state index < -0.39 is 10.2 Å². The van der Waals surface area contributed by atoms with Gasteiger partial charge in [0, 0.05) is 6.54 Å². The molecule has 0 rings (SSSR count). The molecule has 86 valence electrons. The summed E-state index contributed by atoms with van der Waals surface area (Å²) in [6.45, 7) is 0.148. The van der Waals surface area contributed by atoms with E-state index in [1.807, 2.05) is 0 Å². The van der Waals surface area contributed by atoms with E-state index in [1.54, 1.807) is 0 Å². The highest BCUT2D eigenvalue weighted by atomic mass is 32.2. The predicted molar refractivity (Wildman–Crippen MR) is 54.8 cm³/mol. The fourth-order valence-electron chi connectivity index (χ4n) is 1.14. The van der Waals surface area contributed by atoms with Crippen LogP contribution in [0.15, 0.2) is 0 Å². The van der Waals surface area contributed by atoms with Gasteiger partial charge in [0.25, 0.3) is 10.2 Å². The third-order valence-electron chi connectivity index (χ3n) is 1.86. The van der Waals surface area contributed by atoms with Crippen LogP contribution in [-0.2, 0) is 10.2 Å². The highest BCUT2D eigenvalue weighted by molar-refractivity contribution is 7.87. The molecule has 0 spiro atoms. The zero-order valence-electron chi connectivity index (χ0n) is 8.34. The lowest BCUT2D eigenvalue weighted by atomic mass is 10.1. The third kappa shape index (κ3) is 11.8. The molecule has 0 aromatic heterocycles. The summed E-state index contributed by atoms with van der Waals surface area (Å²) in [5, 5.41) is 4.74. The van der Waals surface area contributed by atoms with Crippen LogP contribution in [0, 0.1) is 0 Å². The van der Waals surface area contributed by atoms with E-state index in [0.717, 1.165) is 32.1 Å². The largest absolute Gasteiger partial charge is 0.274 e. The number of unbranched alkanes of at least 4 members (excludes halogenated alkanes) is 5. The monoisotopic (exact) mass is 226 g/mol. The van der Waals surface area contributed by atoms with Crippen LogP contribution in [0.1, 0.15) is 38.5 Å². The number of alkyl halides is 1. The van der Waals surface area contributed by atoms with E-state index >= 15 is 0 Å². The SMILES string of the molecule is NS(=O)(=O)NCCCCCCCCF. The Hall–Kier alpha value is -0.200. The van der Waals surface area contributed by atoms with Crippen molar-refractivity contribution in [2.75, 3.05) is 13.2 Å². The van der Waals surface area contributed by atoms with Crippen LogP contribution in [0.5, 0.6) is 0 Å². The molecule has 6 heteroatoms. The van der Waals surface area contributed by atoms with E-state index in [2.05, 4.69) is 4.72 Å². The Morgan fingerprint density at radius 1 is 1.00 bits per heavy atom. The Kier molecular flexibility index (Phi) is 8.02. The molecule has 0 aromatic rings. The van der Waals surface area contributed by atoms with Crippen LogP contribution in [0.25, 0.3) is 0 Å². The zero-order valence-corrected chi connectivity index (χ0v) is 9.15. The van der Waals surface area contributed by atoms with Crippen molar-refractivity contribution in [3.63, 3.8) is 0 Å². The number of hydrogen-bond donors (Lipinski definition) is 2. The van der Waals surface area contributed by atoms with Crippen LogP contribution in [0.2, 0.25) is 0 Å². The van der Waals surface area contributed by atoms with Gasteiger partial charge in [0.1, 0.15) is 0 Å². The number of halogens is 1. The number of nitrogens with one attached hydrogen (secondary N) is 1. The summed E-state index contributed by atoms with van der Waals surface area (Å²) in [5.41, 5.74) is 0. The van der Waals surface area contributed by atoms with E-state index in [0.29, 0.717) is 13.0 Å². The number of rotatable bonds is 9. The van der Waals surface area contributed by atoms with Crippen molar-refractivity contribution >= 4 is 10.2 Å². The van der Waals surface area contributed by atoms with Crippen molar-refractivity contribution in [2.45, 2.75) is 38.5 Å². The first-order valence-electron chi connectivity index (χ1n) is 4.89. The van der Waals surface area contributed by atoms with Gasteiger partial charge >= 0.3 is 0 Å². The van der Waals surface area contributed by atoms with Gasteiger partial charge in [-0.15, -0.1) is 0 Å². The molecular weight excluding hydrogens is 207 g/mol. The zero-order chi connectivity index (χ0) is 10.9. The molecule has 0 unspecified atom stereocenters. The van der Waals surface area contributed by atoms with Crippen molar-refractivity contribution in [3.8, 4) is 0 Å². The molecule has 14 heavy (non-hydrogen) atoms. The second-order valence-electron chi connectivity index (χ2n) is 3.25. The molecule has 0 aliphatic heterocycles. The lowest BCUT2D eigenvalue weighted by molar-refractivity contribution is 0.450. The van der Waals surface area contributed by atoms with E-state index in [1.165, 1.54) is 0 Å². The summed E-state index contributed by atoms with van der Waals surface area (Å²) >= 11 is 0. The van der Waals surface area contributed by atoms with Gasteiger partial charge in [-0.1, -0.05) is 25.7 Å². The summed E-state index contributed by atoms with van der Waals surface area (Å²) < 4.78 is 34.7. The molecular formula is C8H19FN2O2S. The molecule has 3 N–H and O–H groups in total. The number of hydrogen-bond acceptors (Lipinski definition) is 2. The van der Waals surface area contributed by atoms with Gasteiger partial charge < -0.3 is 0 Å². The molecule has 0 aliphatic rings. The molecule has 0 saturated carbocycles. The maximum Gasteiger partial charge on any atom is 0.274 e. The van der Waals surface area contributed by atoms with Crippen molar-refractivity contribution < 1.29 is 12.8 Å². The molecule has 0 aromatic carbocycles. The summed E-state index contributed by atoms with van der Waals surface area (Å²) in [5.74, 6) is 0. The topological polar surface area (TPSA) is 72.2 Å². The van der Waals surface area contributed by atoms with Crippen molar-refractivity contribution in [1.29, 1.82) is 0 Å². The van der Waals surface area contributed by atoms with Crippen molar-refractivity contribution in [3.05, 3.63) is 0 Å². The highest BCUT2D eigenvalue weighted by Crippen LogP contribution is 2.04. The molecule has 0 saturated heterocycles. The maximum absolute atomic E-state index is 11.7. The molecule has 0 amide bonds. The number of nitrogens with two attached hydrogens (primary N) is 1. The molecule has 0 heterocycles. The minimum atomic E-state index is -3.53. The normalized spacial score (nSPS) is 11.9. The lowest BCUT2D eigenvalue weighted by Crippen LogP contribution is -2.31. The second kappa shape index (κ2) is 8.14. The third-order valence-corrected chi connectivity index (χ3v) is 2.47. The van der Waals surface area contributed by atoms with Gasteiger partial charge in [-0.05, 0) is 12.8 Å². The Bertz CT molecular complexity index is 219. The van der Waals surface area contributed by atoms with Crippen LogP contribution in [0.4, 0.5) is 4.39 Å². The van der Waals surface area contributed by atoms with Gasteiger partial charge in [-0.3, -0.25) is 4.39 Å². The quantitative estimate of drug-likeness (QED) is 0.578. The first-order chi connectivity index (χ1) is 6.56. The minimum Gasteiger partial charge on any atom is -0.251 e. The van der Waals surface area contributed by atoms with Crippen LogP contribution >= 0.6 is 0 Å². The minimum absolute atomic E-state index is 0.243. The average molecular weight is 226 g/mol. The van der Waals surface area contributed by atoms with Gasteiger partial charge in [0.05, 0.1) is 6.67 Å². The van der Waals surface area contributed by atoms with Gasteiger partial charge in [-0.2, -0.15) is 8.42 Å². The maximum atomic E-state index is 11.7. The smallest absolute Gasteiger partial charge is 0.251 e. The Labute approximate surface area is 85.2 Å². The summed E-state index contributed by atoms with van der Waals surface area (Å²) in [4.78, 5) is 0. The van der Waals surface area contributed by atoms with Gasteiger partial charge in [-0.25, -0.2) is 9.86 Å². The molecule has 0 fully saturated rings. The predicted octanol–water partition coefficient (Wildman–Crippen LogP) is 1.09. The summed E-state index contributed by atoms with van der Waals surface area (Å²) in [7, 11) is -3.53. The second-order valence-corrected chi connectivity index (χ2v) is 4.63. The average Bonchev–Trinajstić information content (AvgIpc) is 2.08. The summed E-state index contributed by atoms with van der Waals surface area (Å²) in [6.07, 6.45) is 5.32. The standard InChI is InChI=1S/C8H19FN2O2S/c9-7-5-3-1-2-4-6-8-11-14(10,12)13/h11H,1-8H2,(H2,10,12,13). The molecule has 0 atom stereocenters. The lowest BCUT2D eigenvalue weighted by Gasteiger charge is -2.01.